The van der Waals surface area contributed by atoms with Crippen LogP contribution in [-0.4, -0.2) is 43.2 Å². The van der Waals surface area contributed by atoms with Gasteiger partial charge in [-0.15, -0.1) is 0 Å². The van der Waals surface area contributed by atoms with E-state index in [0.717, 1.165) is 40.9 Å². The van der Waals surface area contributed by atoms with Crippen molar-refractivity contribution < 1.29 is 19.2 Å². The molecule has 2 aromatic carbocycles. The van der Waals surface area contributed by atoms with Crippen LogP contribution in [0, 0.1) is 10.1 Å². The summed E-state index contributed by atoms with van der Waals surface area (Å²) in [5.74, 6) is 0.0899. The van der Waals surface area contributed by atoms with Gasteiger partial charge in [0.1, 0.15) is 11.3 Å². The number of aromatic amines is 1. The molecule has 1 aromatic heterocycles. The van der Waals surface area contributed by atoms with E-state index < -0.39 is 10.9 Å². The predicted octanol–water partition coefficient (Wildman–Crippen LogP) is 4.17. The summed E-state index contributed by atoms with van der Waals surface area (Å²) in [7, 11) is 2.86. The van der Waals surface area contributed by atoms with Crippen LogP contribution in [0.25, 0.3) is 16.5 Å². The first-order valence-electron chi connectivity index (χ1n) is 9.48. The normalized spacial score (nSPS) is 13.8. The molecule has 0 bridgehead atoms. The number of fused-ring (bicyclic) bond motifs is 1. The van der Waals surface area contributed by atoms with Gasteiger partial charge in [0, 0.05) is 47.5 Å². The Morgan fingerprint density at radius 2 is 2.03 bits per heavy atom. The summed E-state index contributed by atoms with van der Waals surface area (Å²) < 4.78 is 10.1. The van der Waals surface area contributed by atoms with E-state index in [2.05, 4.69) is 16.0 Å². The van der Waals surface area contributed by atoms with Crippen LogP contribution in [0.5, 0.6) is 5.75 Å². The van der Waals surface area contributed by atoms with Crippen molar-refractivity contribution in [2.24, 2.45) is 0 Å². The van der Waals surface area contributed by atoms with Gasteiger partial charge >= 0.3 is 5.97 Å². The fourth-order valence-corrected chi connectivity index (χ4v) is 3.79. The van der Waals surface area contributed by atoms with Crippen molar-refractivity contribution in [1.82, 2.24) is 4.98 Å². The highest BCUT2D eigenvalue weighted by atomic mass is 16.6. The quantitative estimate of drug-likeness (QED) is 0.387. The Morgan fingerprint density at radius 3 is 2.70 bits per heavy atom. The SMILES string of the molecule is COC(=O)c1cc(N2CC=C(c3c[nH]c4ccc(OC)cc34)CC2)ccc1[N+](=O)[O-]. The molecule has 1 aliphatic rings. The van der Waals surface area contributed by atoms with Crippen molar-refractivity contribution in [2.75, 3.05) is 32.2 Å². The summed E-state index contributed by atoms with van der Waals surface area (Å²) >= 11 is 0. The average molecular weight is 407 g/mol. The number of nitrogens with one attached hydrogen (secondary N) is 1. The molecule has 0 saturated carbocycles. The number of carbonyl (C=O) groups is 1. The number of ether oxygens (including phenoxy) is 2. The van der Waals surface area contributed by atoms with Gasteiger partial charge < -0.3 is 19.4 Å². The Hall–Kier alpha value is -3.81. The third-order valence-corrected chi connectivity index (χ3v) is 5.39. The fraction of sp³-hybridized carbons (Fsp3) is 0.227. The van der Waals surface area contributed by atoms with Crippen molar-refractivity contribution >= 4 is 33.8 Å². The van der Waals surface area contributed by atoms with E-state index in [-0.39, 0.29) is 11.3 Å². The van der Waals surface area contributed by atoms with Crippen LogP contribution in [0.2, 0.25) is 0 Å². The van der Waals surface area contributed by atoms with Crippen molar-refractivity contribution in [3.63, 3.8) is 0 Å². The number of rotatable bonds is 5. The van der Waals surface area contributed by atoms with Gasteiger partial charge in [0.15, 0.2) is 0 Å². The molecule has 0 spiro atoms. The Balaban J connectivity index is 1.61. The lowest BCUT2D eigenvalue weighted by atomic mass is 9.98. The molecule has 30 heavy (non-hydrogen) atoms. The molecular weight excluding hydrogens is 386 g/mol. The first kappa shape index (κ1) is 19.5. The van der Waals surface area contributed by atoms with E-state index in [1.54, 1.807) is 13.2 Å². The minimum atomic E-state index is -0.718. The van der Waals surface area contributed by atoms with Crippen molar-refractivity contribution in [2.45, 2.75) is 6.42 Å². The average Bonchev–Trinajstić information content (AvgIpc) is 3.21. The molecule has 154 valence electrons. The van der Waals surface area contributed by atoms with Gasteiger partial charge in [-0.05, 0) is 42.3 Å². The Labute approximate surface area is 172 Å². The third-order valence-electron chi connectivity index (χ3n) is 5.39. The largest absolute Gasteiger partial charge is 0.497 e. The van der Waals surface area contributed by atoms with E-state index in [9.17, 15) is 14.9 Å². The molecule has 0 atom stereocenters. The second-order valence-corrected chi connectivity index (χ2v) is 6.99. The summed E-state index contributed by atoms with van der Waals surface area (Å²) in [6, 6.07) is 10.5. The first-order valence-corrected chi connectivity index (χ1v) is 9.48. The summed E-state index contributed by atoms with van der Waals surface area (Å²) in [4.78, 5) is 28.0. The smallest absolute Gasteiger partial charge is 0.344 e. The molecule has 0 aliphatic carbocycles. The summed E-state index contributed by atoms with van der Waals surface area (Å²) in [5, 5.41) is 12.3. The lowest BCUT2D eigenvalue weighted by Gasteiger charge is -2.28. The van der Waals surface area contributed by atoms with Crippen molar-refractivity contribution in [3.05, 3.63) is 69.9 Å². The molecule has 8 nitrogen and oxygen atoms in total. The maximum Gasteiger partial charge on any atom is 0.344 e. The summed E-state index contributed by atoms with van der Waals surface area (Å²) in [6.45, 7) is 1.35. The van der Waals surface area contributed by atoms with Gasteiger partial charge in [0.2, 0.25) is 0 Å². The second kappa shape index (κ2) is 7.90. The fourth-order valence-electron chi connectivity index (χ4n) is 3.79. The first-order chi connectivity index (χ1) is 14.5. The molecular formula is C22H21N3O5. The van der Waals surface area contributed by atoms with Crippen LogP contribution in [0.1, 0.15) is 22.3 Å². The zero-order valence-corrected chi connectivity index (χ0v) is 16.7. The molecule has 0 amide bonds. The number of methoxy groups -OCH3 is 2. The van der Waals surface area contributed by atoms with E-state index in [1.165, 1.54) is 24.8 Å². The minimum Gasteiger partial charge on any atom is -0.497 e. The highest BCUT2D eigenvalue weighted by molar-refractivity contribution is 5.96. The number of anilines is 1. The molecule has 4 rings (SSSR count). The van der Waals surface area contributed by atoms with Gasteiger partial charge in [-0.25, -0.2) is 4.79 Å². The van der Waals surface area contributed by atoms with Crippen molar-refractivity contribution in [3.8, 4) is 5.75 Å². The topological polar surface area (TPSA) is 97.7 Å². The zero-order chi connectivity index (χ0) is 21.3. The number of aromatic nitrogens is 1. The lowest BCUT2D eigenvalue weighted by molar-refractivity contribution is -0.385. The van der Waals surface area contributed by atoms with E-state index in [1.807, 2.05) is 24.4 Å². The summed E-state index contributed by atoms with van der Waals surface area (Å²) in [6.07, 6.45) is 4.95. The van der Waals surface area contributed by atoms with E-state index in [0.29, 0.717) is 6.54 Å². The van der Waals surface area contributed by atoms with E-state index >= 15 is 0 Å². The Kier molecular flexibility index (Phi) is 5.14. The van der Waals surface area contributed by atoms with Crippen LogP contribution in [-0.2, 0) is 4.74 Å². The number of hydrogen-bond donors (Lipinski definition) is 1. The zero-order valence-electron chi connectivity index (χ0n) is 16.7. The number of nitro benzene ring substituents is 1. The van der Waals surface area contributed by atoms with E-state index in [4.69, 9.17) is 9.47 Å². The molecule has 0 unspecified atom stereocenters. The number of nitrogens with zero attached hydrogens (tertiary/aromatic N) is 2. The number of benzene rings is 2. The molecule has 8 heteroatoms. The molecule has 1 aliphatic heterocycles. The Morgan fingerprint density at radius 1 is 1.20 bits per heavy atom. The molecule has 2 heterocycles. The number of esters is 1. The van der Waals surface area contributed by atoms with Crippen LogP contribution < -0.4 is 9.64 Å². The molecule has 1 N–H and O–H groups in total. The monoisotopic (exact) mass is 407 g/mol. The van der Waals surface area contributed by atoms with Gasteiger partial charge in [-0.2, -0.15) is 0 Å². The van der Waals surface area contributed by atoms with Crippen molar-refractivity contribution in [1.29, 1.82) is 0 Å². The van der Waals surface area contributed by atoms with Gasteiger partial charge in [0.25, 0.3) is 5.69 Å². The number of H-pyrrole nitrogens is 1. The number of hydrogen-bond acceptors (Lipinski definition) is 6. The maximum atomic E-state index is 12.0. The molecule has 0 radical (unpaired) electrons. The van der Waals surface area contributed by atoms with Crippen LogP contribution in [0.4, 0.5) is 11.4 Å². The van der Waals surface area contributed by atoms with Gasteiger partial charge in [-0.1, -0.05) is 6.08 Å². The number of nitro groups is 1. The molecule has 3 aromatic rings. The van der Waals surface area contributed by atoms with Crippen LogP contribution in [0.3, 0.4) is 0 Å². The van der Waals surface area contributed by atoms with Gasteiger partial charge in [0.05, 0.1) is 19.1 Å². The molecule has 0 saturated heterocycles. The third kappa shape index (κ3) is 3.47. The van der Waals surface area contributed by atoms with Crippen LogP contribution in [0.15, 0.2) is 48.7 Å². The standard InChI is InChI=1S/C22H21N3O5/c1-29-16-4-5-20-17(12-16)19(13-23-20)14-7-9-24(10-8-14)15-3-6-21(25(27)28)18(11-15)22(26)30-2/h3-7,11-13,23H,8-10H2,1-2H3. The highest BCUT2D eigenvalue weighted by Gasteiger charge is 2.24. The minimum absolute atomic E-state index is 0.0431. The number of carbonyl (C=O) groups excluding carboxylic acids is 1. The summed E-state index contributed by atoms with van der Waals surface area (Å²) in [5.41, 5.74) is 3.86. The Bertz CT molecular complexity index is 1160. The molecule has 0 fully saturated rings. The second-order valence-electron chi connectivity index (χ2n) is 6.99. The van der Waals surface area contributed by atoms with Gasteiger partial charge in [-0.3, -0.25) is 10.1 Å². The highest BCUT2D eigenvalue weighted by Crippen LogP contribution is 2.33. The lowest BCUT2D eigenvalue weighted by Crippen LogP contribution is -2.28. The predicted molar refractivity (Wildman–Crippen MR) is 114 cm³/mol. The van der Waals surface area contributed by atoms with Crippen LogP contribution >= 0.6 is 0 Å². The maximum absolute atomic E-state index is 12.0.